The molecular formula is C24H44N6O5. The van der Waals surface area contributed by atoms with Gasteiger partial charge in [-0.1, -0.05) is 27.7 Å². The van der Waals surface area contributed by atoms with Crippen LogP contribution < -0.4 is 27.4 Å². The number of hydrogen-bond acceptors (Lipinski definition) is 7. The number of unbranched alkanes of at least 4 members (excludes halogenated alkanes) is 1. The van der Waals surface area contributed by atoms with Crippen LogP contribution in [0.5, 0.6) is 0 Å². The van der Waals surface area contributed by atoms with Gasteiger partial charge in [0.15, 0.2) is 0 Å². The molecule has 200 valence electrons. The van der Waals surface area contributed by atoms with Gasteiger partial charge in [0.2, 0.25) is 23.6 Å². The van der Waals surface area contributed by atoms with Gasteiger partial charge in [-0.25, -0.2) is 0 Å². The van der Waals surface area contributed by atoms with Crippen LogP contribution in [0, 0.1) is 11.8 Å². The smallest absolute Gasteiger partial charge is 0.245 e. The Morgan fingerprint density at radius 2 is 1.63 bits per heavy atom. The predicted octanol–water partition coefficient (Wildman–Crippen LogP) is -0.581. The largest absolute Gasteiger partial charge is 0.345 e. The number of hydrogen-bond donors (Lipinski definition) is 5. The van der Waals surface area contributed by atoms with Gasteiger partial charge in [0.1, 0.15) is 24.4 Å². The van der Waals surface area contributed by atoms with E-state index in [2.05, 4.69) is 16.0 Å². The Labute approximate surface area is 208 Å². The molecule has 1 fully saturated rings. The summed E-state index contributed by atoms with van der Waals surface area (Å²) in [6, 6.07) is -3.86. The Balaban J connectivity index is 2.98. The number of amides is 4. The Kier molecular flexibility index (Phi) is 12.9. The Morgan fingerprint density at radius 3 is 2.14 bits per heavy atom. The van der Waals surface area contributed by atoms with E-state index < -0.39 is 47.9 Å². The maximum Gasteiger partial charge on any atom is 0.245 e. The molecule has 5 atom stereocenters. The number of nitrogens with two attached hydrogens (primary N) is 2. The highest BCUT2D eigenvalue weighted by Gasteiger charge is 2.39. The highest BCUT2D eigenvalue weighted by atomic mass is 16.2. The van der Waals surface area contributed by atoms with Gasteiger partial charge in [-0.3, -0.25) is 19.2 Å². The van der Waals surface area contributed by atoms with Crippen molar-refractivity contribution in [3.8, 4) is 0 Å². The van der Waals surface area contributed by atoms with E-state index in [1.165, 1.54) is 11.8 Å². The van der Waals surface area contributed by atoms with Gasteiger partial charge >= 0.3 is 0 Å². The SMILES string of the molecule is CC(C)[C@H](NC(=O)[C@@H]1CCCN1C(=O)[C@H](CCCCN)NC(=O)[C@@H](C)N)C(=O)N[C@H](C=O)C(C)C. The van der Waals surface area contributed by atoms with Crippen molar-refractivity contribution in [1.29, 1.82) is 0 Å². The fourth-order valence-electron chi connectivity index (χ4n) is 3.95. The van der Waals surface area contributed by atoms with E-state index in [1.807, 2.05) is 13.8 Å². The molecule has 0 aromatic heterocycles. The van der Waals surface area contributed by atoms with E-state index in [0.29, 0.717) is 51.5 Å². The zero-order valence-electron chi connectivity index (χ0n) is 21.7. The van der Waals surface area contributed by atoms with Crippen molar-refractivity contribution in [3.05, 3.63) is 0 Å². The normalized spacial score (nSPS) is 19.1. The maximum atomic E-state index is 13.4. The average molecular weight is 497 g/mol. The third-order valence-electron chi connectivity index (χ3n) is 6.23. The molecule has 1 aliphatic rings. The van der Waals surface area contributed by atoms with E-state index in [9.17, 15) is 24.0 Å². The number of aldehydes is 1. The lowest BCUT2D eigenvalue weighted by molar-refractivity contribution is -0.142. The summed E-state index contributed by atoms with van der Waals surface area (Å²) in [5, 5.41) is 8.16. The minimum atomic E-state index is -0.862. The van der Waals surface area contributed by atoms with Crippen LogP contribution in [0.15, 0.2) is 0 Å². The first-order valence-corrected chi connectivity index (χ1v) is 12.6. The predicted molar refractivity (Wildman–Crippen MR) is 133 cm³/mol. The van der Waals surface area contributed by atoms with Gasteiger partial charge in [0.05, 0.1) is 12.1 Å². The lowest BCUT2D eigenvalue weighted by atomic mass is 10.00. The second kappa shape index (κ2) is 14.8. The average Bonchev–Trinajstić information content (AvgIpc) is 3.29. The standard InChI is InChI=1S/C24H44N6O5/c1-14(2)18(13-31)28-23(34)20(15(3)4)29-22(33)19-10-8-12-30(19)24(35)17(9-6-7-11-25)27-21(32)16(5)26/h13-20H,6-12,25-26H2,1-5H3,(H,27,32)(H,28,34)(H,29,33)/t16-,17+,18-,19+,20+/m1/s1. The number of carbonyl (C=O) groups is 5. The monoisotopic (exact) mass is 496 g/mol. The highest BCUT2D eigenvalue weighted by molar-refractivity contribution is 5.95. The second-order valence-corrected chi connectivity index (χ2v) is 9.97. The zero-order chi connectivity index (χ0) is 26.7. The summed E-state index contributed by atoms with van der Waals surface area (Å²) in [5.41, 5.74) is 11.2. The van der Waals surface area contributed by atoms with Crippen molar-refractivity contribution in [2.75, 3.05) is 13.1 Å². The van der Waals surface area contributed by atoms with Crippen LogP contribution in [-0.2, 0) is 24.0 Å². The number of nitrogens with zero attached hydrogens (tertiary/aromatic N) is 1. The molecule has 0 radical (unpaired) electrons. The molecule has 1 rings (SSSR count). The summed E-state index contributed by atoms with van der Waals surface area (Å²) in [4.78, 5) is 64.4. The first kappa shape index (κ1) is 30.5. The fraction of sp³-hybridized carbons (Fsp3) is 0.792. The fourth-order valence-corrected chi connectivity index (χ4v) is 3.95. The molecule has 7 N–H and O–H groups in total. The molecule has 0 aromatic rings. The Hall–Kier alpha value is -2.53. The molecule has 0 aliphatic carbocycles. The minimum Gasteiger partial charge on any atom is -0.345 e. The molecule has 11 nitrogen and oxygen atoms in total. The summed E-state index contributed by atoms with van der Waals surface area (Å²) in [6.45, 7) is 9.61. The van der Waals surface area contributed by atoms with Gasteiger partial charge in [-0.15, -0.1) is 0 Å². The highest BCUT2D eigenvalue weighted by Crippen LogP contribution is 2.21. The Morgan fingerprint density at radius 1 is 0.971 bits per heavy atom. The van der Waals surface area contributed by atoms with E-state index in [1.54, 1.807) is 13.8 Å². The first-order valence-electron chi connectivity index (χ1n) is 12.6. The number of carbonyl (C=O) groups excluding carboxylic acids is 5. The van der Waals surface area contributed by atoms with Gasteiger partial charge in [-0.2, -0.15) is 0 Å². The van der Waals surface area contributed by atoms with Crippen LogP contribution in [0.2, 0.25) is 0 Å². The maximum absolute atomic E-state index is 13.4. The number of likely N-dealkylation sites (tertiary alicyclic amines) is 1. The van der Waals surface area contributed by atoms with Gasteiger partial charge in [0, 0.05) is 6.54 Å². The summed E-state index contributed by atoms with van der Waals surface area (Å²) in [7, 11) is 0. The number of rotatable bonds is 14. The van der Waals surface area contributed by atoms with Crippen LogP contribution >= 0.6 is 0 Å². The molecule has 0 aromatic carbocycles. The van der Waals surface area contributed by atoms with Crippen LogP contribution in [0.25, 0.3) is 0 Å². The van der Waals surface area contributed by atoms with Crippen molar-refractivity contribution < 1.29 is 24.0 Å². The zero-order valence-corrected chi connectivity index (χ0v) is 21.7. The molecule has 11 heteroatoms. The molecular weight excluding hydrogens is 452 g/mol. The summed E-state index contributed by atoms with van der Waals surface area (Å²) in [5.74, 6) is -2.00. The molecule has 0 bridgehead atoms. The lowest BCUT2D eigenvalue weighted by Gasteiger charge is -2.31. The van der Waals surface area contributed by atoms with E-state index in [-0.39, 0.29) is 17.7 Å². The molecule has 4 amide bonds. The topological polar surface area (TPSA) is 177 Å². The molecule has 0 unspecified atom stereocenters. The van der Waals surface area contributed by atoms with E-state index in [0.717, 1.165) is 0 Å². The Bertz CT molecular complexity index is 742. The van der Waals surface area contributed by atoms with Gasteiger partial charge in [0.25, 0.3) is 0 Å². The van der Waals surface area contributed by atoms with Crippen molar-refractivity contribution in [1.82, 2.24) is 20.9 Å². The van der Waals surface area contributed by atoms with Crippen molar-refractivity contribution in [2.24, 2.45) is 23.3 Å². The number of nitrogens with one attached hydrogen (secondary N) is 3. The molecule has 1 aliphatic heterocycles. The van der Waals surface area contributed by atoms with Gasteiger partial charge in [-0.05, 0) is 57.4 Å². The minimum absolute atomic E-state index is 0.0921. The molecule has 1 saturated heterocycles. The molecule has 0 saturated carbocycles. The summed E-state index contributed by atoms with van der Waals surface area (Å²) in [6.07, 6.45) is 3.48. The van der Waals surface area contributed by atoms with Crippen molar-refractivity contribution in [3.63, 3.8) is 0 Å². The van der Waals surface area contributed by atoms with E-state index >= 15 is 0 Å². The van der Waals surface area contributed by atoms with Crippen LogP contribution in [0.4, 0.5) is 0 Å². The summed E-state index contributed by atoms with van der Waals surface area (Å²) < 4.78 is 0. The third kappa shape index (κ3) is 9.21. The second-order valence-electron chi connectivity index (χ2n) is 9.97. The summed E-state index contributed by atoms with van der Waals surface area (Å²) >= 11 is 0. The quantitative estimate of drug-likeness (QED) is 0.158. The molecule has 1 heterocycles. The molecule has 35 heavy (non-hydrogen) atoms. The van der Waals surface area contributed by atoms with Gasteiger partial charge < -0.3 is 37.1 Å². The van der Waals surface area contributed by atoms with Crippen molar-refractivity contribution >= 4 is 29.9 Å². The first-order chi connectivity index (χ1) is 16.4. The lowest BCUT2D eigenvalue weighted by Crippen LogP contribution is -2.58. The van der Waals surface area contributed by atoms with Crippen LogP contribution in [0.1, 0.15) is 66.7 Å². The van der Waals surface area contributed by atoms with E-state index in [4.69, 9.17) is 11.5 Å². The van der Waals surface area contributed by atoms with Crippen LogP contribution in [0.3, 0.4) is 0 Å². The van der Waals surface area contributed by atoms with Crippen molar-refractivity contribution in [2.45, 2.75) is 96.9 Å². The third-order valence-corrected chi connectivity index (χ3v) is 6.23. The van der Waals surface area contributed by atoms with Crippen LogP contribution in [-0.4, -0.2) is 78.1 Å². The molecule has 0 spiro atoms.